The summed E-state index contributed by atoms with van der Waals surface area (Å²) in [5.74, 6) is -0.832. The number of nitrogens with two attached hydrogens (primary N) is 1. The molecule has 0 amide bonds. The molecule has 0 bridgehead atoms. The normalized spacial score (nSPS) is 13.4. The van der Waals surface area contributed by atoms with E-state index < -0.39 is 26.5 Å². The van der Waals surface area contributed by atoms with Crippen molar-refractivity contribution in [1.29, 1.82) is 0 Å². The zero-order valence-corrected chi connectivity index (χ0v) is 33.3. The number of rotatable bonds is 39. The van der Waals surface area contributed by atoms with Gasteiger partial charge in [-0.2, -0.15) is 0 Å². The van der Waals surface area contributed by atoms with Crippen LogP contribution in [0.2, 0.25) is 0 Å². The Hall–Kier alpha value is -1.25. The van der Waals surface area contributed by atoms with Gasteiger partial charge in [0.25, 0.3) is 0 Å². The Morgan fingerprint density at radius 2 is 1.00 bits per heavy atom. The van der Waals surface area contributed by atoms with Gasteiger partial charge in [0.2, 0.25) is 0 Å². The van der Waals surface area contributed by atoms with Crippen molar-refractivity contribution in [3.63, 3.8) is 0 Å². The second-order valence-corrected chi connectivity index (χ2v) is 15.3. The van der Waals surface area contributed by atoms with Crippen molar-refractivity contribution in [2.75, 3.05) is 26.4 Å². The van der Waals surface area contributed by atoms with Crippen LogP contribution in [0.1, 0.15) is 200 Å². The fourth-order valence-electron chi connectivity index (χ4n) is 5.79. The lowest BCUT2D eigenvalue weighted by molar-refractivity contribution is -0.161. The number of carbonyl (C=O) groups excluding carboxylic acids is 2. The molecule has 0 rings (SSSR count). The van der Waals surface area contributed by atoms with Gasteiger partial charge in [-0.25, -0.2) is 4.57 Å². The second-order valence-electron chi connectivity index (χ2n) is 13.9. The Morgan fingerprint density at radius 3 is 1.48 bits per heavy atom. The van der Waals surface area contributed by atoms with Crippen LogP contribution in [0.15, 0.2) is 12.2 Å². The van der Waals surface area contributed by atoms with E-state index in [1.54, 1.807) is 0 Å². The molecule has 0 aliphatic carbocycles. The lowest BCUT2D eigenvalue weighted by Gasteiger charge is -2.19. The number of carbonyl (C=O) groups is 2. The average molecular weight is 732 g/mol. The molecule has 0 aromatic rings. The van der Waals surface area contributed by atoms with Crippen LogP contribution < -0.4 is 5.73 Å². The van der Waals surface area contributed by atoms with Crippen LogP contribution in [0.4, 0.5) is 0 Å². The summed E-state index contributed by atoms with van der Waals surface area (Å²) in [4.78, 5) is 34.7. The SMILES string of the molecule is CCCC/C=C\CCCCCCCC(=O)OC(COC(=O)CCCCCCCCCCCCCCCCCCCC)COP(=O)(O)OCCN. The van der Waals surface area contributed by atoms with Gasteiger partial charge < -0.3 is 20.1 Å². The molecule has 9 nitrogen and oxygen atoms in total. The van der Waals surface area contributed by atoms with Crippen molar-refractivity contribution >= 4 is 19.8 Å². The quantitative estimate of drug-likeness (QED) is 0.0274. The summed E-state index contributed by atoms with van der Waals surface area (Å²) in [6.07, 6.45) is 36.7. The highest BCUT2D eigenvalue weighted by Gasteiger charge is 2.26. The van der Waals surface area contributed by atoms with E-state index in [-0.39, 0.29) is 38.6 Å². The number of ether oxygens (including phenoxy) is 2. The van der Waals surface area contributed by atoms with Crippen LogP contribution in [0, 0.1) is 0 Å². The summed E-state index contributed by atoms with van der Waals surface area (Å²) < 4.78 is 32.7. The number of unbranched alkanes of at least 4 members (excludes halogenated alkanes) is 24. The highest BCUT2D eigenvalue weighted by Crippen LogP contribution is 2.43. The maximum Gasteiger partial charge on any atom is 0.472 e. The summed E-state index contributed by atoms with van der Waals surface area (Å²) >= 11 is 0. The molecule has 2 atom stereocenters. The van der Waals surface area contributed by atoms with Gasteiger partial charge in [0.15, 0.2) is 6.10 Å². The zero-order chi connectivity index (χ0) is 36.8. The first-order chi connectivity index (χ1) is 24.3. The molecule has 0 saturated heterocycles. The largest absolute Gasteiger partial charge is 0.472 e. The van der Waals surface area contributed by atoms with Gasteiger partial charge >= 0.3 is 19.8 Å². The lowest BCUT2D eigenvalue weighted by Crippen LogP contribution is -2.29. The number of phosphoric ester groups is 1. The molecule has 2 unspecified atom stereocenters. The van der Waals surface area contributed by atoms with Crippen LogP contribution in [0.3, 0.4) is 0 Å². The van der Waals surface area contributed by atoms with Gasteiger partial charge in [0.1, 0.15) is 6.61 Å². The monoisotopic (exact) mass is 732 g/mol. The highest BCUT2D eigenvalue weighted by molar-refractivity contribution is 7.47. The van der Waals surface area contributed by atoms with Gasteiger partial charge in [-0.3, -0.25) is 18.6 Å². The van der Waals surface area contributed by atoms with E-state index in [4.69, 9.17) is 24.3 Å². The van der Waals surface area contributed by atoms with E-state index in [1.807, 2.05) is 0 Å². The fraction of sp³-hybridized carbons (Fsp3) is 0.900. The summed E-state index contributed by atoms with van der Waals surface area (Å²) in [6.45, 7) is 3.70. The molecule has 0 spiro atoms. The summed E-state index contributed by atoms with van der Waals surface area (Å²) in [5, 5.41) is 0. The third kappa shape index (κ3) is 36.5. The molecular weight excluding hydrogens is 653 g/mol. The van der Waals surface area contributed by atoms with Crippen molar-refractivity contribution in [3.8, 4) is 0 Å². The van der Waals surface area contributed by atoms with Gasteiger partial charge in [-0.15, -0.1) is 0 Å². The fourth-order valence-corrected chi connectivity index (χ4v) is 6.56. The van der Waals surface area contributed by atoms with E-state index in [1.165, 1.54) is 109 Å². The molecule has 0 saturated carbocycles. The maximum absolute atomic E-state index is 12.5. The topological polar surface area (TPSA) is 134 Å². The van der Waals surface area contributed by atoms with Crippen molar-refractivity contribution in [2.45, 2.75) is 206 Å². The standard InChI is InChI=1S/C40H78NO8P/c1-3-5-7-9-11-13-15-16-17-18-19-20-21-23-24-26-28-30-32-39(42)46-36-38(37-48-50(44,45)47-35-34-41)49-40(43)33-31-29-27-25-22-14-12-10-8-6-4-2/h10,12,38H,3-9,11,13-37,41H2,1-2H3,(H,44,45)/b12-10-. The Bertz CT molecular complexity index is 840. The number of hydrogen-bond donors (Lipinski definition) is 2. The minimum Gasteiger partial charge on any atom is -0.462 e. The van der Waals surface area contributed by atoms with Crippen LogP contribution in [-0.4, -0.2) is 49.3 Å². The summed E-state index contributed by atoms with van der Waals surface area (Å²) in [5.41, 5.74) is 5.33. The molecular formula is C40H78NO8P. The molecule has 0 aromatic carbocycles. The molecule has 10 heteroatoms. The van der Waals surface area contributed by atoms with Crippen molar-refractivity contribution in [3.05, 3.63) is 12.2 Å². The smallest absolute Gasteiger partial charge is 0.462 e. The first-order valence-electron chi connectivity index (χ1n) is 20.7. The van der Waals surface area contributed by atoms with Crippen LogP contribution in [0.5, 0.6) is 0 Å². The Kier molecular flexibility index (Phi) is 36.6. The number of esters is 2. The second kappa shape index (κ2) is 37.5. The van der Waals surface area contributed by atoms with Crippen LogP contribution in [-0.2, 0) is 32.7 Å². The zero-order valence-electron chi connectivity index (χ0n) is 32.4. The van der Waals surface area contributed by atoms with E-state index in [2.05, 4.69) is 26.0 Å². The minimum absolute atomic E-state index is 0.0546. The lowest BCUT2D eigenvalue weighted by atomic mass is 10.0. The molecule has 0 aliphatic heterocycles. The third-order valence-corrected chi connectivity index (χ3v) is 9.89. The van der Waals surface area contributed by atoms with Gasteiger partial charge in [-0.1, -0.05) is 167 Å². The number of phosphoric acid groups is 1. The van der Waals surface area contributed by atoms with Crippen molar-refractivity contribution in [1.82, 2.24) is 0 Å². The Balaban J connectivity index is 4.09. The van der Waals surface area contributed by atoms with Crippen LogP contribution >= 0.6 is 7.82 Å². The highest BCUT2D eigenvalue weighted by atomic mass is 31.2. The first kappa shape index (κ1) is 48.8. The van der Waals surface area contributed by atoms with Crippen molar-refractivity contribution < 1.29 is 37.6 Å². The number of allylic oxidation sites excluding steroid dienone is 2. The molecule has 0 aromatic heterocycles. The van der Waals surface area contributed by atoms with Crippen LogP contribution in [0.25, 0.3) is 0 Å². The van der Waals surface area contributed by atoms with Crippen molar-refractivity contribution in [2.24, 2.45) is 5.73 Å². The molecule has 0 radical (unpaired) electrons. The molecule has 50 heavy (non-hydrogen) atoms. The molecule has 296 valence electrons. The molecule has 0 heterocycles. The number of hydrogen-bond acceptors (Lipinski definition) is 8. The van der Waals surface area contributed by atoms with E-state index in [0.29, 0.717) is 6.42 Å². The van der Waals surface area contributed by atoms with Gasteiger partial charge in [-0.05, 0) is 32.1 Å². The van der Waals surface area contributed by atoms with E-state index in [0.717, 1.165) is 57.8 Å². The predicted octanol–water partition coefficient (Wildman–Crippen LogP) is 11.4. The van der Waals surface area contributed by atoms with E-state index >= 15 is 0 Å². The van der Waals surface area contributed by atoms with Gasteiger partial charge in [0, 0.05) is 19.4 Å². The maximum atomic E-state index is 12.5. The minimum atomic E-state index is -4.37. The molecule has 0 aliphatic rings. The Morgan fingerprint density at radius 1 is 0.580 bits per heavy atom. The first-order valence-corrected chi connectivity index (χ1v) is 22.2. The van der Waals surface area contributed by atoms with E-state index in [9.17, 15) is 19.0 Å². The molecule has 3 N–H and O–H groups in total. The van der Waals surface area contributed by atoms with Gasteiger partial charge in [0.05, 0.1) is 13.2 Å². The predicted molar refractivity (Wildman–Crippen MR) is 206 cm³/mol. The average Bonchev–Trinajstić information content (AvgIpc) is 3.10. The third-order valence-electron chi connectivity index (χ3n) is 8.90. The summed E-state index contributed by atoms with van der Waals surface area (Å²) in [6, 6.07) is 0. The Labute approximate surface area is 307 Å². The molecule has 0 fully saturated rings. The summed E-state index contributed by atoms with van der Waals surface area (Å²) in [7, 11) is -4.37.